The zero-order valence-corrected chi connectivity index (χ0v) is 13.2. The largest absolute Gasteiger partial charge is 0.332 e. The Morgan fingerprint density at radius 3 is 2.73 bits per heavy atom. The molecule has 1 N–H and O–H groups in total. The van der Waals surface area contributed by atoms with Gasteiger partial charge >= 0.3 is 0 Å². The van der Waals surface area contributed by atoms with Crippen molar-refractivity contribution in [2.75, 3.05) is 5.32 Å². The molecule has 0 amide bonds. The number of hydrogen-bond acceptors (Lipinski definition) is 3. The molecule has 108 valence electrons. The molecule has 0 atom stereocenters. The van der Waals surface area contributed by atoms with Gasteiger partial charge in [-0.05, 0) is 35.7 Å². The van der Waals surface area contributed by atoms with Crippen LogP contribution in [-0.4, -0.2) is 4.98 Å². The Morgan fingerprint density at radius 2 is 2.05 bits per heavy atom. The first-order chi connectivity index (χ1) is 10.7. The molecule has 0 spiro atoms. The Bertz CT molecular complexity index is 867. The molecule has 0 unspecified atom stereocenters. The number of fused-ring (bicyclic) bond motifs is 1. The quantitative estimate of drug-likeness (QED) is 0.692. The van der Waals surface area contributed by atoms with Gasteiger partial charge in [0.2, 0.25) is 0 Å². The van der Waals surface area contributed by atoms with Crippen LogP contribution in [-0.2, 0) is 6.42 Å². The third-order valence-electron chi connectivity index (χ3n) is 3.54. The van der Waals surface area contributed by atoms with Gasteiger partial charge in [0.25, 0.3) is 0 Å². The maximum absolute atomic E-state index is 5.37. The van der Waals surface area contributed by atoms with Gasteiger partial charge in [0.1, 0.15) is 0 Å². The van der Waals surface area contributed by atoms with E-state index in [0.29, 0.717) is 0 Å². The Kier molecular flexibility index (Phi) is 3.95. The van der Waals surface area contributed by atoms with E-state index in [0.717, 1.165) is 33.9 Å². The number of nitrogens with one attached hydrogen (secondary N) is 1. The molecule has 22 heavy (non-hydrogen) atoms. The van der Waals surface area contributed by atoms with Crippen LogP contribution in [0, 0.1) is 12.3 Å². The number of thiazole rings is 1. The van der Waals surface area contributed by atoms with Crippen molar-refractivity contribution in [3.63, 3.8) is 0 Å². The zero-order chi connectivity index (χ0) is 15.5. The molecule has 2 nitrogen and oxygen atoms in total. The summed E-state index contributed by atoms with van der Waals surface area (Å²) in [5, 5.41) is 4.16. The van der Waals surface area contributed by atoms with E-state index >= 15 is 0 Å². The summed E-state index contributed by atoms with van der Waals surface area (Å²) in [6.07, 6.45) is 6.35. The molecule has 0 radical (unpaired) electrons. The molecule has 0 aliphatic heterocycles. The van der Waals surface area contributed by atoms with Crippen LogP contribution in [0.5, 0.6) is 0 Å². The normalized spacial score (nSPS) is 10.4. The average molecular weight is 304 g/mol. The summed E-state index contributed by atoms with van der Waals surface area (Å²) in [6.45, 7) is 6.24. The highest BCUT2D eigenvalue weighted by molar-refractivity contribution is 7.22. The van der Waals surface area contributed by atoms with Gasteiger partial charge in [-0.25, -0.2) is 4.98 Å². The molecule has 3 rings (SSSR count). The number of rotatable bonds is 4. The van der Waals surface area contributed by atoms with Crippen molar-refractivity contribution in [3.8, 4) is 12.3 Å². The van der Waals surface area contributed by atoms with Crippen LogP contribution in [0.3, 0.4) is 0 Å². The number of para-hydroxylation sites is 1. The molecule has 0 bridgehead atoms. The lowest BCUT2D eigenvalue weighted by Gasteiger charge is -2.06. The molecule has 2 aromatic carbocycles. The van der Waals surface area contributed by atoms with Crippen molar-refractivity contribution >= 4 is 32.4 Å². The van der Waals surface area contributed by atoms with Crippen molar-refractivity contribution < 1.29 is 0 Å². The minimum atomic E-state index is 0.820. The first-order valence-electron chi connectivity index (χ1n) is 7.12. The van der Waals surface area contributed by atoms with Gasteiger partial charge in [-0.3, -0.25) is 0 Å². The van der Waals surface area contributed by atoms with Gasteiger partial charge in [-0.15, -0.1) is 6.42 Å². The summed E-state index contributed by atoms with van der Waals surface area (Å²) in [6, 6.07) is 14.1. The lowest BCUT2D eigenvalue weighted by atomic mass is 10.1. The number of aryl methyl sites for hydroxylation is 1. The third-order valence-corrected chi connectivity index (χ3v) is 4.48. The summed E-state index contributed by atoms with van der Waals surface area (Å²) < 4.78 is 1.19. The highest BCUT2D eigenvalue weighted by Gasteiger charge is 2.08. The van der Waals surface area contributed by atoms with E-state index in [9.17, 15) is 0 Å². The van der Waals surface area contributed by atoms with Gasteiger partial charge in [-0.1, -0.05) is 55.0 Å². The summed E-state index contributed by atoms with van der Waals surface area (Å²) >= 11 is 1.64. The second-order valence-electron chi connectivity index (χ2n) is 4.96. The van der Waals surface area contributed by atoms with Crippen LogP contribution < -0.4 is 5.32 Å². The molecular formula is C19H16N2S. The predicted octanol–water partition coefficient (Wildman–Crippen LogP) is 4.92. The van der Waals surface area contributed by atoms with Crippen molar-refractivity contribution in [2.45, 2.75) is 13.3 Å². The van der Waals surface area contributed by atoms with Gasteiger partial charge in [0.15, 0.2) is 5.13 Å². The van der Waals surface area contributed by atoms with E-state index in [1.807, 2.05) is 24.3 Å². The van der Waals surface area contributed by atoms with Gasteiger partial charge in [0.05, 0.1) is 10.2 Å². The Balaban J connectivity index is 1.86. The van der Waals surface area contributed by atoms with E-state index in [1.165, 1.54) is 10.3 Å². The fraction of sp³-hybridized carbons (Fsp3) is 0.105. The molecule has 0 saturated heterocycles. The maximum atomic E-state index is 5.37. The van der Waals surface area contributed by atoms with E-state index in [2.05, 4.69) is 42.9 Å². The first kappa shape index (κ1) is 14.4. The van der Waals surface area contributed by atoms with Crippen LogP contribution in [0.4, 0.5) is 5.13 Å². The third kappa shape index (κ3) is 2.74. The maximum Gasteiger partial charge on any atom is 0.188 e. The van der Waals surface area contributed by atoms with E-state index in [4.69, 9.17) is 11.4 Å². The molecule has 3 heteroatoms. The molecule has 0 saturated carbocycles. The second-order valence-corrected chi connectivity index (χ2v) is 5.99. The minimum absolute atomic E-state index is 0.820. The summed E-state index contributed by atoms with van der Waals surface area (Å²) in [5.41, 5.74) is 5.04. The molecule has 0 fully saturated rings. The molecule has 0 aliphatic rings. The van der Waals surface area contributed by atoms with Crippen molar-refractivity contribution in [3.05, 3.63) is 65.7 Å². The van der Waals surface area contributed by atoms with E-state index in [-0.39, 0.29) is 0 Å². The fourth-order valence-electron chi connectivity index (χ4n) is 2.31. The highest BCUT2D eigenvalue weighted by atomic mass is 32.1. The number of aromatic nitrogens is 1. The molecule has 0 aliphatic carbocycles. The lowest BCUT2D eigenvalue weighted by molar-refractivity contribution is 1.15. The Labute approximate surface area is 134 Å². The van der Waals surface area contributed by atoms with Crippen LogP contribution in [0.1, 0.15) is 23.6 Å². The number of anilines is 1. The lowest BCUT2D eigenvalue weighted by Crippen LogP contribution is -1.96. The SMILES string of the molecule is C#Cc1ccc(C(=C)Nc2nc3c(CC)cccc3s2)cc1. The van der Waals surface area contributed by atoms with Crippen molar-refractivity contribution in [1.82, 2.24) is 4.98 Å². The van der Waals surface area contributed by atoms with Crippen molar-refractivity contribution in [1.29, 1.82) is 0 Å². The van der Waals surface area contributed by atoms with Crippen LogP contribution in [0.2, 0.25) is 0 Å². The summed E-state index contributed by atoms with van der Waals surface area (Å²) in [5.74, 6) is 2.61. The topological polar surface area (TPSA) is 24.9 Å². The van der Waals surface area contributed by atoms with Gasteiger partial charge in [0, 0.05) is 11.3 Å². The Hall–Kier alpha value is -2.57. The zero-order valence-electron chi connectivity index (χ0n) is 12.4. The molecule has 3 aromatic rings. The second kappa shape index (κ2) is 6.05. The monoisotopic (exact) mass is 304 g/mol. The predicted molar refractivity (Wildman–Crippen MR) is 96.0 cm³/mol. The standard InChI is InChI=1S/C19H16N2S/c1-4-14-9-11-16(12-10-14)13(3)20-19-21-18-15(5-2)7-6-8-17(18)22-19/h1,6-12H,3,5H2,2H3,(H,20,21). The fourth-order valence-corrected chi connectivity index (χ4v) is 3.25. The molecule has 1 aromatic heterocycles. The first-order valence-corrected chi connectivity index (χ1v) is 7.94. The molecule has 1 heterocycles. The van der Waals surface area contributed by atoms with E-state index < -0.39 is 0 Å². The van der Waals surface area contributed by atoms with E-state index in [1.54, 1.807) is 11.3 Å². The number of terminal acetylenes is 1. The van der Waals surface area contributed by atoms with Gasteiger partial charge in [-0.2, -0.15) is 0 Å². The number of benzene rings is 2. The number of nitrogens with zero attached hydrogens (tertiary/aromatic N) is 1. The molecular weight excluding hydrogens is 288 g/mol. The minimum Gasteiger partial charge on any atom is -0.332 e. The van der Waals surface area contributed by atoms with Crippen LogP contribution in [0.25, 0.3) is 15.9 Å². The van der Waals surface area contributed by atoms with Crippen LogP contribution in [0.15, 0.2) is 49.0 Å². The van der Waals surface area contributed by atoms with Gasteiger partial charge < -0.3 is 5.32 Å². The Morgan fingerprint density at radius 1 is 1.27 bits per heavy atom. The van der Waals surface area contributed by atoms with Crippen molar-refractivity contribution in [2.24, 2.45) is 0 Å². The highest BCUT2D eigenvalue weighted by Crippen LogP contribution is 2.30. The summed E-state index contributed by atoms with van der Waals surface area (Å²) in [4.78, 5) is 4.70. The summed E-state index contributed by atoms with van der Waals surface area (Å²) in [7, 11) is 0. The van der Waals surface area contributed by atoms with Crippen LogP contribution >= 0.6 is 11.3 Å². The average Bonchev–Trinajstić information content (AvgIpc) is 2.97. The number of hydrogen-bond donors (Lipinski definition) is 1. The smallest absolute Gasteiger partial charge is 0.188 e.